The van der Waals surface area contributed by atoms with E-state index in [1.807, 2.05) is 0 Å². The summed E-state index contributed by atoms with van der Waals surface area (Å²) in [5, 5.41) is 0. The molecule has 0 aromatic carbocycles. The summed E-state index contributed by atoms with van der Waals surface area (Å²) in [4.78, 5) is 0. The van der Waals surface area contributed by atoms with Crippen LogP contribution in [-0.4, -0.2) is 0 Å². The maximum atomic E-state index is 2.48. The first-order valence-electron chi connectivity index (χ1n) is 6.74. The molecule has 1 aliphatic rings. The maximum Gasteiger partial charge on any atom is -0.0389 e. The summed E-state index contributed by atoms with van der Waals surface area (Å²) in [5.74, 6) is 3.00. The molecule has 1 fully saturated rings. The van der Waals surface area contributed by atoms with Crippen molar-refractivity contribution in [2.75, 3.05) is 0 Å². The van der Waals surface area contributed by atoms with Gasteiger partial charge in [0.25, 0.3) is 0 Å². The van der Waals surface area contributed by atoms with Gasteiger partial charge in [0.15, 0.2) is 0 Å². The van der Waals surface area contributed by atoms with Gasteiger partial charge in [-0.1, -0.05) is 72.1 Å². The van der Waals surface area contributed by atoms with Crippen molar-refractivity contribution >= 4 is 0 Å². The molecule has 84 valence electrons. The Labute approximate surface area is 90.5 Å². The molecule has 1 saturated carbocycles. The van der Waals surface area contributed by atoms with E-state index in [0.717, 1.165) is 17.8 Å². The molecule has 0 radical (unpaired) electrons. The predicted octanol–water partition coefficient (Wildman–Crippen LogP) is 5.03. The molecule has 0 spiro atoms. The second kappa shape index (κ2) is 6.48. The van der Waals surface area contributed by atoms with Gasteiger partial charge >= 0.3 is 0 Å². The van der Waals surface area contributed by atoms with Gasteiger partial charge in [0.2, 0.25) is 0 Å². The van der Waals surface area contributed by atoms with E-state index in [1.165, 1.54) is 51.4 Å². The molecule has 0 amide bonds. The standard InChI is InChI=1S/C14H28/c1-4-7-14-9-6-5-8-12(2)10-11-13(14)3/h12-14H,4-11H2,1-3H3. The first-order valence-corrected chi connectivity index (χ1v) is 6.74. The van der Waals surface area contributed by atoms with Gasteiger partial charge in [0.1, 0.15) is 0 Å². The highest BCUT2D eigenvalue weighted by Crippen LogP contribution is 2.31. The summed E-state index contributed by atoms with van der Waals surface area (Å²) >= 11 is 0. The van der Waals surface area contributed by atoms with Gasteiger partial charge in [-0.25, -0.2) is 0 Å². The van der Waals surface area contributed by atoms with Gasteiger partial charge in [0, 0.05) is 0 Å². The summed E-state index contributed by atoms with van der Waals surface area (Å²) in [5.41, 5.74) is 0. The molecule has 3 atom stereocenters. The van der Waals surface area contributed by atoms with E-state index in [1.54, 1.807) is 0 Å². The third-order valence-electron chi connectivity index (χ3n) is 4.10. The van der Waals surface area contributed by atoms with Crippen LogP contribution in [0.15, 0.2) is 0 Å². The highest BCUT2D eigenvalue weighted by atomic mass is 14.2. The fourth-order valence-electron chi connectivity index (χ4n) is 2.91. The van der Waals surface area contributed by atoms with Crippen molar-refractivity contribution in [2.24, 2.45) is 17.8 Å². The van der Waals surface area contributed by atoms with Crippen molar-refractivity contribution in [3.05, 3.63) is 0 Å². The van der Waals surface area contributed by atoms with Gasteiger partial charge in [0.05, 0.1) is 0 Å². The van der Waals surface area contributed by atoms with Crippen molar-refractivity contribution in [3.63, 3.8) is 0 Å². The van der Waals surface area contributed by atoms with Crippen LogP contribution in [0.4, 0.5) is 0 Å². The molecule has 1 rings (SSSR count). The Morgan fingerprint density at radius 3 is 2.36 bits per heavy atom. The third-order valence-corrected chi connectivity index (χ3v) is 4.10. The zero-order chi connectivity index (χ0) is 10.4. The van der Waals surface area contributed by atoms with Gasteiger partial charge in [-0.2, -0.15) is 0 Å². The lowest BCUT2D eigenvalue weighted by atomic mass is 9.83. The Balaban J connectivity index is 2.41. The molecule has 0 bridgehead atoms. The van der Waals surface area contributed by atoms with Crippen LogP contribution >= 0.6 is 0 Å². The average Bonchev–Trinajstić information content (AvgIpc) is 2.24. The predicted molar refractivity (Wildman–Crippen MR) is 64.4 cm³/mol. The van der Waals surface area contributed by atoms with E-state index in [4.69, 9.17) is 0 Å². The summed E-state index contributed by atoms with van der Waals surface area (Å²) in [6, 6.07) is 0. The van der Waals surface area contributed by atoms with Crippen molar-refractivity contribution in [1.82, 2.24) is 0 Å². The zero-order valence-electron chi connectivity index (χ0n) is 10.4. The van der Waals surface area contributed by atoms with E-state index >= 15 is 0 Å². The molecule has 0 N–H and O–H groups in total. The SMILES string of the molecule is CCCC1CCCCC(C)CCC1C. The molecule has 0 nitrogen and oxygen atoms in total. The molecule has 3 unspecified atom stereocenters. The Morgan fingerprint density at radius 2 is 1.64 bits per heavy atom. The Bertz CT molecular complexity index is 139. The lowest BCUT2D eigenvalue weighted by molar-refractivity contribution is 0.287. The summed E-state index contributed by atoms with van der Waals surface area (Å²) in [7, 11) is 0. The van der Waals surface area contributed by atoms with Crippen molar-refractivity contribution in [1.29, 1.82) is 0 Å². The quantitative estimate of drug-likeness (QED) is 0.581. The summed E-state index contributed by atoms with van der Waals surface area (Å²) < 4.78 is 0. The number of hydrogen-bond donors (Lipinski definition) is 0. The van der Waals surface area contributed by atoms with Crippen molar-refractivity contribution in [2.45, 2.75) is 72.1 Å². The molecule has 0 aromatic rings. The van der Waals surface area contributed by atoms with Gasteiger partial charge in [-0.05, 0) is 17.8 Å². The second-order valence-electron chi connectivity index (χ2n) is 5.49. The number of hydrogen-bond acceptors (Lipinski definition) is 0. The van der Waals surface area contributed by atoms with Crippen molar-refractivity contribution in [3.8, 4) is 0 Å². The molecule has 0 heterocycles. The van der Waals surface area contributed by atoms with E-state index in [9.17, 15) is 0 Å². The van der Waals surface area contributed by atoms with E-state index in [0.29, 0.717) is 0 Å². The minimum atomic E-state index is 0.982. The van der Waals surface area contributed by atoms with Crippen LogP contribution in [0.5, 0.6) is 0 Å². The van der Waals surface area contributed by atoms with Crippen LogP contribution in [0.3, 0.4) is 0 Å². The smallest absolute Gasteiger partial charge is 0.0389 e. The first-order chi connectivity index (χ1) is 6.74. The van der Waals surface area contributed by atoms with Crippen LogP contribution in [0.1, 0.15) is 72.1 Å². The molecule has 14 heavy (non-hydrogen) atoms. The van der Waals surface area contributed by atoms with Crippen LogP contribution in [0, 0.1) is 17.8 Å². The fraction of sp³-hybridized carbons (Fsp3) is 1.00. The monoisotopic (exact) mass is 196 g/mol. The molecule has 0 aliphatic heterocycles. The van der Waals surface area contributed by atoms with Crippen molar-refractivity contribution < 1.29 is 0 Å². The molecular formula is C14H28. The fourth-order valence-corrected chi connectivity index (χ4v) is 2.91. The van der Waals surface area contributed by atoms with Crippen LogP contribution in [-0.2, 0) is 0 Å². The Morgan fingerprint density at radius 1 is 0.929 bits per heavy atom. The normalized spacial score (nSPS) is 35.8. The lowest BCUT2D eigenvalue weighted by Crippen LogP contribution is -2.11. The average molecular weight is 196 g/mol. The Hall–Kier alpha value is 0. The summed E-state index contributed by atoms with van der Waals surface area (Å²) in [6.45, 7) is 7.26. The highest BCUT2D eigenvalue weighted by molar-refractivity contribution is 4.70. The number of rotatable bonds is 2. The lowest BCUT2D eigenvalue weighted by Gasteiger charge is -2.23. The van der Waals surface area contributed by atoms with Gasteiger partial charge < -0.3 is 0 Å². The van der Waals surface area contributed by atoms with E-state index in [-0.39, 0.29) is 0 Å². The second-order valence-corrected chi connectivity index (χ2v) is 5.49. The minimum Gasteiger partial charge on any atom is -0.0654 e. The van der Waals surface area contributed by atoms with Gasteiger partial charge in [-0.15, -0.1) is 0 Å². The molecule has 0 saturated heterocycles. The molecule has 0 heteroatoms. The molecular weight excluding hydrogens is 168 g/mol. The largest absolute Gasteiger partial charge is 0.0654 e. The van der Waals surface area contributed by atoms with Crippen LogP contribution < -0.4 is 0 Å². The van der Waals surface area contributed by atoms with E-state index < -0.39 is 0 Å². The Kier molecular flexibility index (Phi) is 5.59. The zero-order valence-corrected chi connectivity index (χ0v) is 10.4. The summed E-state index contributed by atoms with van der Waals surface area (Å²) in [6.07, 6.45) is 11.7. The minimum absolute atomic E-state index is 0.982. The van der Waals surface area contributed by atoms with Gasteiger partial charge in [-0.3, -0.25) is 0 Å². The molecule has 0 aromatic heterocycles. The third kappa shape index (κ3) is 4.02. The van der Waals surface area contributed by atoms with Crippen LogP contribution in [0.25, 0.3) is 0 Å². The first kappa shape index (κ1) is 12.1. The van der Waals surface area contributed by atoms with E-state index in [2.05, 4.69) is 20.8 Å². The maximum absolute atomic E-state index is 2.48. The highest BCUT2D eigenvalue weighted by Gasteiger charge is 2.18. The molecule has 1 aliphatic carbocycles. The van der Waals surface area contributed by atoms with Crippen LogP contribution in [0.2, 0.25) is 0 Å². The topological polar surface area (TPSA) is 0 Å².